The molecule has 2 aromatic rings. The Kier molecular flexibility index (Phi) is 5.43. The number of nitrogens with one attached hydrogen (secondary N) is 1. The van der Waals surface area contributed by atoms with Crippen molar-refractivity contribution in [3.05, 3.63) is 45.7 Å². The van der Waals surface area contributed by atoms with E-state index >= 15 is 0 Å². The molecule has 3 heterocycles. The summed E-state index contributed by atoms with van der Waals surface area (Å²) in [5.41, 5.74) is 0.409. The maximum Gasteiger partial charge on any atom is 0.271 e. The average Bonchev–Trinajstić information content (AvgIpc) is 3.16. The van der Waals surface area contributed by atoms with Crippen LogP contribution in [0.3, 0.4) is 0 Å². The average molecular weight is 454 g/mol. The number of nitrogens with zero attached hydrogens (tertiary/aromatic N) is 3. The van der Waals surface area contributed by atoms with Crippen molar-refractivity contribution in [1.82, 2.24) is 20.0 Å². The molecule has 0 aliphatic carbocycles. The van der Waals surface area contributed by atoms with Crippen molar-refractivity contribution in [1.29, 1.82) is 0 Å². The molecule has 8 heteroatoms. The minimum Gasteiger partial charge on any atom is -0.470 e. The summed E-state index contributed by atoms with van der Waals surface area (Å²) in [7, 11) is 2.19. The molecule has 0 spiro atoms. The summed E-state index contributed by atoms with van der Waals surface area (Å²) in [6.45, 7) is 0.188. The molecule has 3 atom stereocenters. The smallest absolute Gasteiger partial charge is 0.271 e. The molecule has 4 rings (SSSR count). The largest absolute Gasteiger partial charge is 0.470 e. The molecule has 0 saturated carbocycles. The van der Waals surface area contributed by atoms with Gasteiger partial charge in [-0.25, -0.2) is 4.68 Å². The normalized spacial score (nSPS) is 24.8. The first-order valence-electron chi connectivity index (χ1n) is 9.13. The highest BCUT2D eigenvalue weighted by Gasteiger charge is 2.38. The van der Waals surface area contributed by atoms with Gasteiger partial charge in [-0.2, -0.15) is 5.10 Å². The molecule has 2 aliphatic rings. The van der Waals surface area contributed by atoms with Gasteiger partial charge in [-0.1, -0.05) is 27.5 Å². The van der Waals surface area contributed by atoms with Crippen molar-refractivity contribution in [3.63, 3.8) is 0 Å². The van der Waals surface area contributed by atoms with Crippen molar-refractivity contribution >= 4 is 33.4 Å². The molecule has 0 radical (unpaired) electrons. The van der Waals surface area contributed by atoms with E-state index in [1.807, 2.05) is 6.07 Å². The first-order chi connectivity index (χ1) is 13.0. The fourth-order valence-corrected chi connectivity index (χ4v) is 4.80. The molecule has 1 N–H and O–H groups in total. The number of rotatable bonds is 5. The fraction of sp³-hybridized carbons (Fsp3) is 0.474. The Morgan fingerprint density at radius 2 is 2.07 bits per heavy atom. The zero-order chi connectivity index (χ0) is 19.0. The lowest BCUT2D eigenvalue weighted by molar-refractivity contribution is 0.0875. The van der Waals surface area contributed by atoms with E-state index in [2.05, 4.69) is 38.3 Å². The Bertz CT molecular complexity index is 829. The maximum atomic E-state index is 12.5. The third-order valence-electron chi connectivity index (χ3n) is 5.55. The van der Waals surface area contributed by atoms with Crippen LogP contribution >= 0.6 is 27.5 Å². The molecule has 2 saturated heterocycles. The fourth-order valence-electron chi connectivity index (χ4n) is 4.07. The van der Waals surface area contributed by atoms with Crippen LogP contribution < -0.4 is 10.1 Å². The van der Waals surface area contributed by atoms with Crippen molar-refractivity contribution in [2.45, 2.75) is 50.5 Å². The number of carbonyl (C=O) groups excluding carboxylic acids is 1. The van der Waals surface area contributed by atoms with Crippen LogP contribution in [-0.4, -0.2) is 45.8 Å². The number of amides is 1. The maximum absolute atomic E-state index is 12.5. The molecule has 2 bridgehead atoms. The third-order valence-corrected chi connectivity index (χ3v) is 6.34. The SMILES string of the molecule is CN1[C@@H]2CC[C@H]1CC(NC(=O)c1ccn(COc3ccc(Br)cc3Cl)n1)C2. The number of carbonyl (C=O) groups is 1. The number of hydrogen-bond donors (Lipinski definition) is 1. The molecule has 1 amide bonds. The third kappa shape index (κ3) is 4.15. The van der Waals surface area contributed by atoms with Crippen LogP contribution in [0.5, 0.6) is 5.75 Å². The van der Waals surface area contributed by atoms with E-state index in [4.69, 9.17) is 16.3 Å². The molecule has 2 aliphatic heterocycles. The number of fused-ring (bicyclic) bond motifs is 2. The van der Waals surface area contributed by atoms with Gasteiger partial charge in [-0.05, 0) is 57.0 Å². The second kappa shape index (κ2) is 7.81. The molecule has 2 fully saturated rings. The topological polar surface area (TPSA) is 59.4 Å². The second-order valence-electron chi connectivity index (χ2n) is 7.28. The zero-order valence-electron chi connectivity index (χ0n) is 15.1. The van der Waals surface area contributed by atoms with Crippen molar-refractivity contribution in [2.24, 2.45) is 0 Å². The van der Waals surface area contributed by atoms with Crippen molar-refractivity contribution < 1.29 is 9.53 Å². The predicted octanol–water partition coefficient (Wildman–Crippen LogP) is 3.69. The first kappa shape index (κ1) is 18.8. The molecule has 1 unspecified atom stereocenters. The Hall–Kier alpha value is -1.57. The summed E-state index contributed by atoms with van der Waals surface area (Å²) in [4.78, 5) is 15.0. The van der Waals surface area contributed by atoms with Crippen LogP contribution in [-0.2, 0) is 6.73 Å². The first-order valence-corrected chi connectivity index (χ1v) is 10.3. The summed E-state index contributed by atoms with van der Waals surface area (Å²) >= 11 is 9.51. The van der Waals surface area contributed by atoms with Gasteiger partial charge < -0.3 is 15.0 Å². The molecular weight excluding hydrogens is 432 g/mol. The lowest BCUT2D eigenvalue weighted by Gasteiger charge is -2.36. The predicted molar refractivity (Wildman–Crippen MR) is 107 cm³/mol. The van der Waals surface area contributed by atoms with Gasteiger partial charge in [0.15, 0.2) is 6.73 Å². The van der Waals surface area contributed by atoms with Gasteiger partial charge in [0.1, 0.15) is 11.4 Å². The highest BCUT2D eigenvalue weighted by atomic mass is 79.9. The minimum atomic E-state index is -0.121. The van der Waals surface area contributed by atoms with E-state index in [0.717, 1.165) is 17.3 Å². The lowest BCUT2D eigenvalue weighted by atomic mass is 9.98. The quantitative estimate of drug-likeness (QED) is 0.750. The number of benzene rings is 1. The minimum absolute atomic E-state index is 0.121. The Labute approximate surface area is 171 Å². The standard InChI is InChI=1S/C19H22BrClN4O2/c1-24-14-3-4-15(24)10-13(9-14)22-19(26)17-6-7-25(23-17)11-27-18-5-2-12(20)8-16(18)21/h2,5-8,13-15H,3-4,9-11H2,1H3,(H,22,26)/t13?,14-,15+. The highest BCUT2D eigenvalue weighted by Crippen LogP contribution is 2.34. The van der Waals surface area contributed by atoms with Gasteiger partial charge in [-0.15, -0.1) is 0 Å². The van der Waals surface area contributed by atoms with Gasteiger partial charge in [0, 0.05) is 28.8 Å². The van der Waals surface area contributed by atoms with E-state index < -0.39 is 0 Å². The number of aromatic nitrogens is 2. The summed E-state index contributed by atoms with van der Waals surface area (Å²) in [5.74, 6) is 0.451. The highest BCUT2D eigenvalue weighted by molar-refractivity contribution is 9.10. The number of halogens is 2. The molecule has 144 valence electrons. The van der Waals surface area contributed by atoms with E-state index in [-0.39, 0.29) is 18.7 Å². The van der Waals surface area contributed by atoms with E-state index in [1.165, 1.54) is 12.8 Å². The van der Waals surface area contributed by atoms with Crippen LogP contribution in [0.15, 0.2) is 34.9 Å². The summed E-state index contributed by atoms with van der Waals surface area (Å²) < 4.78 is 8.16. The van der Waals surface area contributed by atoms with E-state index in [9.17, 15) is 4.79 Å². The summed E-state index contributed by atoms with van der Waals surface area (Å²) in [6, 6.07) is 8.55. The Morgan fingerprint density at radius 3 is 2.78 bits per heavy atom. The van der Waals surface area contributed by atoms with Gasteiger partial charge >= 0.3 is 0 Å². The van der Waals surface area contributed by atoms with E-state index in [0.29, 0.717) is 28.5 Å². The number of piperidine rings is 1. The van der Waals surface area contributed by atoms with Crippen LogP contribution in [0.2, 0.25) is 5.02 Å². The van der Waals surface area contributed by atoms with Gasteiger partial charge in [0.2, 0.25) is 0 Å². The summed E-state index contributed by atoms with van der Waals surface area (Å²) in [5, 5.41) is 7.99. The Morgan fingerprint density at radius 1 is 1.33 bits per heavy atom. The van der Waals surface area contributed by atoms with Crippen molar-refractivity contribution in [3.8, 4) is 5.75 Å². The molecule has 6 nitrogen and oxygen atoms in total. The summed E-state index contributed by atoms with van der Waals surface area (Å²) in [6.07, 6.45) is 6.24. The molecular formula is C19H22BrClN4O2. The molecule has 1 aromatic carbocycles. The van der Waals surface area contributed by atoms with Gasteiger partial charge in [0.05, 0.1) is 5.02 Å². The Balaban J connectivity index is 1.33. The second-order valence-corrected chi connectivity index (χ2v) is 8.60. The van der Waals surface area contributed by atoms with Gasteiger partial charge in [0.25, 0.3) is 5.91 Å². The lowest BCUT2D eigenvalue weighted by Crippen LogP contribution is -2.48. The van der Waals surface area contributed by atoms with Crippen LogP contribution in [0.1, 0.15) is 36.2 Å². The zero-order valence-corrected chi connectivity index (χ0v) is 17.4. The van der Waals surface area contributed by atoms with Crippen LogP contribution in [0.25, 0.3) is 0 Å². The molecule has 1 aromatic heterocycles. The monoisotopic (exact) mass is 452 g/mol. The number of hydrogen-bond acceptors (Lipinski definition) is 4. The van der Waals surface area contributed by atoms with Gasteiger partial charge in [-0.3, -0.25) is 4.79 Å². The van der Waals surface area contributed by atoms with E-state index in [1.54, 1.807) is 29.1 Å². The van der Waals surface area contributed by atoms with Crippen LogP contribution in [0.4, 0.5) is 0 Å². The molecule has 27 heavy (non-hydrogen) atoms. The number of ether oxygens (including phenoxy) is 1. The van der Waals surface area contributed by atoms with Crippen molar-refractivity contribution in [2.75, 3.05) is 7.05 Å². The van der Waals surface area contributed by atoms with Crippen LogP contribution in [0, 0.1) is 0 Å².